The number of aliphatic hydroxyl groups is 1. The summed E-state index contributed by atoms with van der Waals surface area (Å²) in [5.74, 6) is -1.20. The van der Waals surface area contributed by atoms with Crippen LogP contribution in [-0.4, -0.2) is 51.4 Å². The van der Waals surface area contributed by atoms with Gasteiger partial charge < -0.3 is 29.8 Å². The predicted molar refractivity (Wildman–Crippen MR) is 118 cm³/mol. The third-order valence-corrected chi connectivity index (χ3v) is 4.90. The first kappa shape index (κ1) is 24.4. The van der Waals surface area contributed by atoms with E-state index in [0.717, 1.165) is 16.3 Å². The summed E-state index contributed by atoms with van der Waals surface area (Å²) in [4.78, 5) is 26.2. The Kier molecular flexibility index (Phi) is 7.97. The van der Waals surface area contributed by atoms with Gasteiger partial charge in [0.15, 0.2) is 11.5 Å². The quantitative estimate of drug-likeness (QED) is 0.409. The molecule has 0 bridgehead atoms. The van der Waals surface area contributed by atoms with E-state index in [9.17, 15) is 14.7 Å². The topological polar surface area (TPSA) is 142 Å². The molecule has 9 heteroatoms. The largest absolute Gasteiger partial charge is 0.493 e. The van der Waals surface area contributed by atoms with E-state index in [1.54, 1.807) is 26.7 Å². The van der Waals surface area contributed by atoms with Gasteiger partial charge in [-0.3, -0.25) is 0 Å². The maximum absolute atomic E-state index is 11.4. The van der Waals surface area contributed by atoms with Gasteiger partial charge >= 0.3 is 11.9 Å². The van der Waals surface area contributed by atoms with Gasteiger partial charge in [-0.25, -0.2) is 14.6 Å². The SMILES string of the molecule is COc1cc2ccc([C@](O)(c3cnc[nH]3)C(C)C)cc2cc1OC.O=C(O)/C=C/C(=O)O. The molecule has 1 atom stereocenters. The number of benzene rings is 2. The van der Waals surface area contributed by atoms with Crippen molar-refractivity contribution in [1.29, 1.82) is 0 Å². The third kappa shape index (κ3) is 5.44. The maximum atomic E-state index is 11.4. The highest BCUT2D eigenvalue weighted by molar-refractivity contribution is 5.89. The molecule has 0 spiro atoms. The molecule has 32 heavy (non-hydrogen) atoms. The van der Waals surface area contributed by atoms with E-state index in [1.807, 2.05) is 44.2 Å². The number of hydrogen-bond donors (Lipinski definition) is 4. The zero-order valence-corrected chi connectivity index (χ0v) is 18.2. The van der Waals surface area contributed by atoms with Crippen molar-refractivity contribution >= 4 is 22.7 Å². The van der Waals surface area contributed by atoms with Crippen molar-refractivity contribution in [3.05, 3.63) is 66.3 Å². The van der Waals surface area contributed by atoms with E-state index in [2.05, 4.69) is 9.97 Å². The van der Waals surface area contributed by atoms with E-state index < -0.39 is 17.5 Å². The van der Waals surface area contributed by atoms with Crippen LogP contribution < -0.4 is 9.47 Å². The number of methoxy groups -OCH3 is 2. The van der Waals surface area contributed by atoms with E-state index in [1.165, 1.54) is 0 Å². The number of carboxylic acid groups (broad SMARTS) is 2. The molecule has 0 saturated heterocycles. The Morgan fingerprint density at radius 1 is 1.00 bits per heavy atom. The first-order valence-corrected chi connectivity index (χ1v) is 9.64. The number of aliphatic carboxylic acids is 2. The van der Waals surface area contributed by atoms with E-state index in [-0.39, 0.29) is 5.92 Å². The molecule has 3 rings (SSSR count). The lowest BCUT2D eigenvalue weighted by Crippen LogP contribution is -2.33. The minimum absolute atomic E-state index is 0.0319. The first-order chi connectivity index (χ1) is 15.1. The van der Waals surface area contributed by atoms with Crippen LogP contribution in [0, 0.1) is 5.92 Å². The van der Waals surface area contributed by atoms with Crippen LogP contribution in [0.2, 0.25) is 0 Å². The van der Waals surface area contributed by atoms with Crippen LogP contribution >= 0.6 is 0 Å². The van der Waals surface area contributed by atoms with Gasteiger partial charge in [-0.2, -0.15) is 0 Å². The van der Waals surface area contributed by atoms with Crippen molar-refractivity contribution in [3.63, 3.8) is 0 Å². The highest BCUT2D eigenvalue weighted by atomic mass is 16.5. The van der Waals surface area contributed by atoms with Crippen LogP contribution in [0.15, 0.2) is 55.0 Å². The number of aromatic amines is 1. The minimum Gasteiger partial charge on any atom is -0.493 e. The Morgan fingerprint density at radius 2 is 1.56 bits per heavy atom. The average Bonchev–Trinajstić information content (AvgIpc) is 3.31. The molecule has 0 aliphatic carbocycles. The number of nitrogens with zero attached hydrogens (tertiary/aromatic N) is 1. The average molecular weight is 442 g/mol. The lowest BCUT2D eigenvalue weighted by molar-refractivity contribution is -0.134. The molecule has 0 saturated carbocycles. The summed E-state index contributed by atoms with van der Waals surface area (Å²) in [5.41, 5.74) is 0.344. The van der Waals surface area contributed by atoms with Crippen molar-refractivity contribution in [2.45, 2.75) is 19.4 Å². The number of nitrogens with one attached hydrogen (secondary N) is 1. The summed E-state index contributed by atoms with van der Waals surface area (Å²) in [6, 6.07) is 9.76. The summed E-state index contributed by atoms with van der Waals surface area (Å²) in [6.07, 6.45) is 4.36. The highest BCUT2D eigenvalue weighted by Crippen LogP contribution is 2.39. The van der Waals surface area contributed by atoms with E-state index in [4.69, 9.17) is 19.7 Å². The number of fused-ring (bicyclic) bond motifs is 1. The molecule has 4 N–H and O–H groups in total. The summed E-state index contributed by atoms with van der Waals surface area (Å²) < 4.78 is 10.7. The van der Waals surface area contributed by atoms with Gasteiger partial charge in [-0.05, 0) is 40.5 Å². The smallest absolute Gasteiger partial charge is 0.328 e. The molecule has 9 nitrogen and oxygen atoms in total. The number of carboxylic acids is 2. The molecule has 0 aliphatic heterocycles. The number of rotatable bonds is 7. The molecule has 1 heterocycles. The van der Waals surface area contributed by atoms with Crippen molar-refractivity contribution in [1.82, 2.24) is 9.97 Å². The summed E-state index contributed by atoms with van der Waals surface area (Å²) in [6.45, 7) is 3.97. The Labute approximate surface area is 184 Å². The molecule has 0 amide bonds. The lowest BCUT2D eigenvalue weighted by Gasteiger charge is -2.32. The molecule has 2 aromatic carbocycles. The minimum atomic E-state index is -1.26. The normalized spacial score (nSPS) is 12.8. The van der Waals surface area contributed by atoms with E-state index >= 15 is 0 Å². The second-order valence-corrected chi connectivity index (χ2v) is 7.17. The fourth-order valence-corrected chi connectivity index (χ4v) is 3.22. The number of aromatic nitrogens is 2. The maximum Gasteiger partial charge on any atom is 0.328 e. The molecular weight excluding hydrogens is 416 g/mol. The van der Waals surface area contributed by atoms with Crippen LogP contribution in [0.25, 0.3) is 10.8 Å². The molecule has 1 aromatic heterocycles. The van der Waals surface area contributed by atoms with Gasteiger partial charge in [0, 0.05) is 12.2 Å². The second-order valence-electron chi connectivity index (χ2n) is 7.17. The highest BCUT2D eigenvalue weighted by Gasteiger charge is 2.36. The van der Waals surface area contributed by atoms with Crippen LogP contribution in [0.1, 0.15) is 25.1 Å². The summed E-state index contributed by atoms with van der Waals surface area (Å²) in [7, 11) is 3.23. The number of ether oxygens (including phenoxy) is 2. The monoisotopic (exact) mass is 442 g/mol. The molecule has 170 valence electrons. The molecule has 0 radical (unpaired) electrons. The zero-order chi connectivity index (χ0) is 23.9. The van der Waals surface area contributed by atoms with Crippen LogP contribution in [-0.2, 0) is 15.2 Å². The van der Waals surface area contributed by atoms with Gasteiger partial charge in [-0.15, -0.1) is 0 Å². The second kappa shape index (κ2) is 10.5. The molecule has 3 aromatic rings. The van der Waals surface area contributed by atoms with Crippen LogP contribution in [0.3, 0.4) is 0 Å². The molecule has 0 aliphatic rings. The number of hydrogen-bond acceptors (Lipinski definition) is 6. The summed E-state index contributed by atoms with van der Waals surface area (Å²) in [5, 5.41) is 29.0. The fourth-order valence-electron chi connectivity index (χ4n) is 3.22. The molecule has 0 fully saturated rings. The van der Waals surface area contributed by atoms with Gasteiger partial charge in [0.05, 0.1) is 32.4 Å². The van der Waals surface area contributed by atoms with Gasteiger partial charge in [0.25, 0.3) is 0 Å². The Hall–Kier alpha value is -3.85. The van der Waals surface area contributed by atoms with Crippen LogP contribution in [0.4, 0.5) is 0 Å². The molecular formula is C23H26N2O7. The number of imidazole rings is 1. The Balaban J connectivity index is 0.000000390. The third-order valence-electron chi connectivity index (χ3n) is 4.90. The zero-order valence-electron chi connectivity index (χ0n) is 18.2. The predicted octanol–water partition coefficient (Wildman–Crippen LogP) is 3.18. The number of H-pyrrole nitrogens is 1. The van der Waals surface area contributed by atoms with Gasteiger partial charge in [0.1, 0.15) is 5.60 Å². The van der Waals surface area contributed by atoms with Crippen molar-refractivity contribution in [2.75, 3.05) is 14.2 Å². The first-order valence-electron chi connectivity index (χ1n) is 9.64. The number of carbonyl (C=O) groups is 2. The molecule has 0 unspecified atom stereocenters. The Bertz CT molecular complexity index is 1090. The van der Waals surface area contributed by atoms with E-state index in [0.29, 0.717) is 29.3 Å². The standard InChI is InChI=1S/C19H22N2O3.C4H4O4/c1-12(2)19(22,18-10-20-11-21-18)15-6-5-13-8-16(23-3)17(24-4)9-14(13)7-15;5-3(6)1-2-4(7)8/h5-12,22H,1-4H3,(H,20,21);1-2H,(H,5,6)(H,7,8)/b;2-1+/t19-;/m0./s1. The van der Waals surface area contributed by atoms with Crippen molar-refractivity contribution in [3.8, 4) is 11.5 Å². The van der Waals surface area contributed by atoms with Crippen molar-refractivity contribution < 1.29 is 34.4 Å². The van der Waals surface area contributed by atoms with Gasteiger partial charge in [-0.1, -0.05) is 26.0 Å². The lowest BCUT2D eigenvalue weighted by atomic mass is 9.80. The fraction of sp³-hybridized carbons (Fsp3) is 0.261. The van der Waals surface area contributed by atoms with Crippen molar-refractivity contribution in [2.24, 2.45) is 5.92 Å². The van der Waals surface area contributed by atoms with Gasteiger partial charge in [0.2, 0.25) is 0 Å². The Morgan fingerprint density at radius 3 is 2.00 bits per heavy atom. The van der Waals surface area contributed by atoms with Crippen LogP contribution in [0.5, 0.6) is 11.5 Å². The summed E-state index contributed by atoms with van der Waals surface area (Å²) >= 11 is 0.